The summed E-state index contributed by atoms with van der Waals surface area (Å²) < 4.78 is 13.6. The van der Waals surface area contributed by atoms with Crippen molar-refractivity contribution < 1.29 is 4.39 Å². The number of hydrogen-bond donors (Lipinski definition) is 1. The SMILES string of the molecule is CN(Cc1ccc(C#N)cc1F)C1CNC1. The third-order valence-electron chi connectivity index (χ3n) is 2.99. The minimum absolute atomic E-state index is 0.293. The fourth-order valence-corrected chi connectivity index (χ4v) is 1.73. The van der Waals surface area contributed by atoms with E-state index >= 15 is 0 Å². The average molecular weight is 219 g/mol. The van der Waals surface area contributed by atoms with Gasteiger partial charge in [0, 0.05) is 31.2 Å². The standard InChI is InChI=1S/C12H14FN3/c1-16(11-6-15-7-11)8-10-3-2-9(5-14)4-12(10)13/h2-4,11,15H,6-8H2,1H3. The van der Waals surface area contributed by atoms with Gasteiger partial charge in [0.2, 0.25) is 0 Å². The van der Waals surface area contributed by atoms with E-state index in [0.29, 0.717) is 23.7 Å². The van der Waals surface area contributed by atoms with Crippen molar-refractivity contribution in [1.29, 1.82) is 5.26 Å². The molecule has 1 aromatic carbocycles. The van der Waals surface area contributed by atoms with E-state index in [2.05, 4.69) is 10.2 Å². The maximum Gasteiger partial charge on any atom is 0.129 e. The van der Waals surface area contributed by atoms with E-state index in [1.54, 1.807) is 12.1 Å². The van der Waals surface area contributed by atoms with Crippen LogP contribution in [0, 0.1) is 17.1 Å². The molecule has 3 nitrogen and oxygen atoms in total. The lowest BCUT2D eigenvalue weighted by atomic mass is 10.1. The fraction of sp³-hybridized carbons (Fsp3) is 0.417. The van der Waals surface area contributed by atoms with Gasteiger partial charge < -0.3 is 5.32 Å². The highest BCUT2D eigenvalue weighted by Gasteiger charge is 2.21. The molecule has 1 heterocycles. The van der Waals surface area contributed by atoms with Gasteiger partial charge in [0.05, 0.1) is 11.6 Å². The zero-order valence-electron chi connectivity index (χ0n) is 9.20. The summed E-state index contributed by atoms with van der Waals surface area (Å²) in [6.45, 7) is 2.52. The molecule has 0 bridgehead atoms. The minimum Gasteiger partial charge on any atom is -0.314 e. The van der Waals surface area contributed by atoms with E-state index in [9.17, 15) is 4.39 Å². The summed E-state index contributed by atoms with van der Waals surface area (Å²) in [5, 5.41) is 11.8. The molecule has 0 amide bonds. The second kappa shape index (κ2) is 4.60. The van der Waals surface area contributed by atoms with Gasteiger partial charge in [-0.15, -0.1) is 0 Å². The van der Waals surface area contributed by atoms with E-state index < -0.39 is 0 Å². The van der Waals surface area contributed by atoms with Gasteiger partial charge in [-0.3, -0.25) is 4.90 Å². The zero-order chi connectivity index (χ0) is 11.5. The summed E-state index contributed by atoms with van der Waals surface area (Å²) in [6, 6.07) is 7.07. The Bertz CT molecular complexity index is 421. The van der Waals surface area contributed by atoms with E-state index in [-0.39, 0.29) is 5.82 Å². The van der Waals surface area contributed by atoms with Gasteiger partial charge in [0.25, 0.3) is 0 Å². The van der Waals surface area contributed by atoms with Crippen LogP contribution in [0.4, 0.5) is 4.39 Å². The van der Waals surface area contributed by atoms with Crippen molar-refractivity contribution in [2.45, 2.75) is 12.6 Å². The molecule has 84 valence electrons. The van der Waals surface area contributed by atoms with Gasteiger partial charge in [-0.05, 0) is 19.2 Å². The van der Waals surface area contributed by atoms with Crippen molar-refractivity contribution in [1.82, 2.24) is 10.2 Å². The first-order chi connectivity index (χ1) is 7.70. The quantitative estimate of drug-likeness (QED) is 0.827. The zero-order valence-corrected chi connectivity index (χ0v) is 9.20. The van der Waals surface area contributed by atoms with Crippen molar-refractivity contribution in [3.8, 4) is 6.07 Å². The number of hydrogen-bond acceptors (Lipinski definition) is 3. The first kappa shape index (κ1) is 11.1. The molecule has 1 aromatic rings. The van der Waals surface area contributed by atoms with Gasteiger partial charge in [0.15, 0.2) is 0 Å². The Hall–Kier alpha value is -1.44. The van der Waals surface area contributed by atoms with Crippen LogP contribution < -0.4 is 5.32 Å². The molecule has 0 atom stereocenters. The summed E-state index contributed by atoms with van der Waals surface area (Å²) >= 11 is 0. The fourth-order valence-electron chi connectivity index (χ4n) is 1.73. The van der Waals surface area contributed by atoms with Crippen LogP contribution in [-0.4, -0.2) is 31.1 Å². The van der Waals surface area contributed by atoms with Crippen LogP contribution in [0.15, 0.2) is 18.2 Å². The van der Waals surface area contributed by atoms with Gasteiger partial charge in [0.1, 0.15) is 5.82 Å². The van der Waals surface area contributed by atoms with E-state index in [4.69, 9.17) is 5.26 Å². The van der Waals surface area contributed by atoms with Crippen LogP contribution in [0.3, 0.4) is 0 Å². The molecule has 0 saturated carbocycles. The maximum absolute atomic E-state index is 13.6. The molecule has 1 aliphatic rings. The molecule has 4 heteroatoms. The van der Waals surface area contributed by atoms with Gasteiger partial charge >= 0.3 is 0 Å². The Morgan fingerprint density at radius 2 is 2.31 bits per heavy atom. The van der Waals surface area contributed by atoms with Crippen molar-refractivity contribution in [2.24, 2.45) is 0 Å². The molecule has 0 unspecified atom stereocenters. The second-order valence-electron chi connectivity index (χ2n) is 4.15. The van der Waals surface area contributed by atoms with Crippen molar-refractivity contribution >= 4 is 0 Å². The van der Waals surface area contributed by atoms with Gasteiger partial charge in [-0.25, -0.2) is 4.39 Å². The molecular weight excluding hydrogens is 205 g/mol. The summed E-state index contributed by atoms with van der Waals surface area (Å²) in [7, 11) is 1.99. The topological polar surface area (TPSA) is 39.1 Å². The van der Waals surface area contributed by atoms with Crippen LogP contribution >= 0.6 is 0 Å². The maximum atomic E-state index is 13.6. The molecule has 1 aliphatic heterocycles. The number of nitriles is 1. The average Bonchev–Trinajstić information content (AvgIpc) is 2.18. The highest BCUT2D eigenvalue weighted by molar-refractivity contribution is 5.32. The van der Waals surface area contributed by atoms with E-state index in [1.165, 1.54) is 6.07 Å². The smallest absolute Gasteiger partial charge is 0.129 e. The number of halogens is 1. The molecule has 0 aliphatic carbocycles. The van der Waals surface area contributed by atoms with Gasteiger partial charge in [-0.1, -0.05) is 6.07 Å². The first-order valence-corrected chi connectivity index (χ1v) is 5.30. The van der Waals surface area contributed by atoms with E-state index in [0.717, 1.165) is 13.1 Å². The molecule has 2 rings (SSSR count). The molecule has 0 spiro atoms. The largest absolute Gasteiger partial charge is 0.314 e. The number of nitrogens with zero attached hydrogens (tertiary/aromatic N) is 2. The summed E-state index contributed by atoms with van der Waals surface area (Å²) in [4.78, 5) is 2.13. The lowest BCUT2D eigenvalue weighted by molar-refractivity contribution is 0.171. The predicted molar refractivity (Wildman–Crippen MR) is 59.2 cm³/mol. The molecule has 0 radical (unpaired) electrons. The molecule has 1 fully saturated rings. The molecule has 0 aromatic heterocycles. The van der Waals surface area contributed by atoms with Crippen molar-refractivity contribution in [3.05, 3.63) is 35.1 Å². The number of nitrogens with one attached hydrogen (secondary N) is 1. The second-order valence-corrected chi connectivity index (χ2v) is 4.15. The Morgan fingerprint density at radius 1 is 1.56 bits per heavy atom. The third-order valence-corrected chi connectivity index (χ3v) is 2.99. The van der Waals surface area contributed by atoms with Crippen LogP contribution in [0.2, 0.25) is 0 Å². The lowest BCUT2D eigenvalue weighted by Crippen LogP contribution is -2.55. The van der Waals surface area contributed by atoms with Gasteiger partial charge in [-0.2, -0.15) is 5.26 Å². The number of likely N-dealkylation sites (N-methyl/N-ethyl adjacent to an activating group) is 1. The van der Waals surface area contributed by atoms with Crippen LogP contribution in [0.1, 0.15) is 11.1 Å². The predicted octanol–water partition coefficient (Wildman–Crippen LogP) is 1.10. The molecule has 1 N–H and O–H groups in total. The van der Waals surface area contributed by atoms with Crippen LogP contribution in [0.5, 0.6) is 0 Å². The van der Waals surface area contributed by atoms with Crippen molar-refractivity contribution in [2.75, 3.05) is 20.1 Å². The molecular formula is C12H14FN3. The first-order valence-electron chi connectivity index (χ1n) is 5.30. The number of rotatable bonds is 3. The highest BCUT2D eigenvalue weighted by atomic mass is 19.1. The Labute approximate surface area is 94.5 Å². The van der Waals surface area contributed by atoms with E-state index in [1.807, 2.05) is 13.1 Å². The highest BCUT2D eigenvalue weighted by Crippen LogP contribution is 2.14. The molecule has 16 heavy (non-hydrogen) atoms. The minimum atomic E-state index is -0.293. The Morgan fingerprint density at radius 3 is 2.81 bits per heavy atom. The Kier molecular flexibility index (Phi) is 3.18. The number of benzene rings is 1. The van der Waals surface area contributed by atoms with Crippen molar-refractivity contribution in [3.63, 3.8) is 0 Å². The normalized spacial score (nSPS) is 15.9. The third kappa shape index (κ3) is 2.21. The lowest BCUT2D eigenvalue weighted by Gasteiger charge is -2.35. The summed E-state index contributed by atoms with van der Waals surface area (Å²) in [6.07, 6.45) is 0. The summed E-state index contributed by atoms with van der Waals surface area (Å²) in [5.74, 6) is -0.293. The molecule has 1 saturated heterocycles. The Balaban J connectivity index is 2.06. The van der Waals surface area contributed by atoms with Crippen LogP contribution in [-0.2, 0) is 6.54 Å². The monoisotopic (exact) mass is 219 g/mol. The van der Waals surface area contributed by atoms with Crippen LogP contribution in [0.25, 0.3) is 0 Å². The summed E-state index contributed by atoms with van der Waals surface area (Å²) in [5.41, 5.74) is 1.02.